The average Bonchev–Trinajstić information content (AvgIpc) is 3.56. The second kappa shape index (κ2) is 9.55. The third-order valence-corrected chi connectivity index (χ3v) is 5.38. The van der Waals surface area contributed by atoms with Crippen LogP contribution in [0, 0.1) is 0 Å². The average molecular weight is 436 g/mol. The first-order valence-corrected chi connectivity index (χ1v) is 10.7. The first kappa shape index (κ1) is 21.4. The molecule has 2 aromatic heterocycles. The van der Waals surface area contributed by atoms with Gasteiger partial charge in [-0.25, -0.2) is 4.57 Å². The molecule has 4 rings (SSSR count). The molecular weight excluding hydrogens is 410 g/mol. The van der Waals surface area contributed by atoms with Gasteiger partial charge in [0.1, 0.15) is 18.1 Å². The van der Waals surface area contributed by atoms with Gasteiger partial charge >= 0.3 is 0 Å². The number of aliphatic hydroxyl groups is 1. The summed E-state index contributed by atoms with van der Waals surface area (Å²) in [5.41, 5.74) is 0.747. The van der Waals surface area contributed by atoms with Gasteiger partial charge < -0.3 is 19.2 Å². The van der Waals surface area contributed by atoms with Gasteiger partial charge in [0, 0.05) is 13.0 Å². The van der Waals surface area contributed by atoms with Crippen LogP contribution >= 0.6 is 0 Å². The first-order chi connectivity index (χ1) is 15.6. The summed E-state index contributed by atoms with van der Waals surface area (Å²) in [4.78, 5) is 30.6. The van der Waals surface area contributed by atoms with Gasteiger partial charge in [-0.3, -0.25) is 14.6 Å². The second-order valence-corrected chi connectivity index (χ2v) is 7.59. The van der Waals surface area contributed by atoms with Crippen molar-refractivity contribution in [3.63, 3.8) is 0 Å². The van der Waals surface area contributed by atoms with E-state index in [0.717, 1.165) is 12.0 Å². The van der Waals surface area contributed by atoms with Crippen LogP contribution in [0.1, 0.15) is 41.9 Å². The van der Waals surface area contributed by atoms with Crippen LogP contribution in [0.5, 0.6) is 5.75 Å². The van der Waals surface area contributed by atoms with Crippen LogP contribution in [0.15, 0.2) is 77.1 Å². The number of imidazole rings is 1. The molecule has 0 bridgehead atoms. The number of amides is 1. The molecule has 1 unspecified atom stereocenters. The molecular formula is C24H26N3O5+. The molecule has 8 heteroatoms. The molecule has 1 atom stereocenters. The van der Waals surface area contributed by atoms with Crippen molar-refractivity contribution in [2.75, 3.05) is 13.2 Å². The topological polar surface area (TPSA) is 99.7 Å². The summed E-state index contributed by atoms with van der Waals surface area (Å²) in [6.07, 6.45) is 8.49. The Morgan fingerprint density at radius 1 is 1.28 bits per heavy atom. The number of aromatic nitrogens is 2. The smallest absolute Gasteiger partial charge is 0.290 e. The predicted molar refractivity (Wildman–Crippen MR) is 115 cm³/mol. The molecule has 32 heavy (non-hydrogen) atoms. The summed E-state index contributed by atoms with van der Waals surface area (Å²) >= 11 is 0. The lowest BCUT2D eigenvalue weighted by atomic mass is 9.95. The number of aryl methyl sites for hydroxylation is 1. The summed E-state index contributed by atoms with van der Waals surface area (Å²) < 4.78 is 12.9. The Bertz CT molecular complexity index is 1090. The summed E-state index contributed by atoms with van der Waals surface area (Å²) in [5, 5.41) is 10.7. The Hall–Kier alpha value is -3.81. The van der Waals surface area contributed by atoms with Crippen molar-refractivity contribution in [2.24, 2.45) is 0 Å². The number of ketones is 1. The minimum absolute atomic E-state index is 0.0291. The quantitative estimate of drug-likeness (QED) is 0.375. The molecule has 0 saturated heterocycles. The van der Waals surface area contributed by atoms with Crippen molar-refractivity contribution in [1.82, 2.24) is 9.88 Å². The third-order valence-electron chi connectivity index (χ3n) is 5.38. The van der Waals surface area contributed by atoms with Crippen molar-refractivity contribution in [2.45, 2.75) is 32.4 Å². The Morgan fingerprint density at radius 2 is 2.09 bits per heavy atom. The number of hydrogen-bond acceptors (Lipinski definition) is 5. The second-order valence-electron chi connectivity index (χ2n) is 7.59. The van der Waals surface area contributed by atoms with Gasteiger partial charge in [-0.1, -0.05) is 19.1 Å². The normalized spacial score (nSPS) is 16.1. The first-order valence-electron chi connectivity index (χ1n) is 10.7. The molecule has 8 nitrogen and oxygen atoms in total. The number of carbonyl (C=O) groups excluding carboxylic acids is 2. The van der Waals surface area contributed by atoms with E-state index in [1.54, 1.807) is 11.0 Å². The maximum atomic E-state index is 13.1. The van der Waals surface area contributed by atoms with Gasteiger partial charge in [0.2, 0.25) is 12.1 Å². The minimum atomic E-state index is -0.712. The Labute approximate surface area is 185 Å². The molecule has 3 aromatic rings. The van der Waals surface area contributed by atoms with Crippen molar-refractivity contribution >= 4 is 11.7 Å². The Kier molecular flexibility index (Phi) is 6.39. The molecule has 1 aliphatic rings. The monoisotopic (exact) mass is 436 g/mol. The van der Waals surface area contributed by atoms with Gasteiger partial charge in [-0.15, -0.1) is 0 Å². The predicted octanol–water partition coefficient (Wildman–Crippen LogP) is 3.35. The fourth-order valence-electron chi connectivity index (χ4n) is 3.85. The van der Waals surface area contributed by atoms with Crippen LogP contribution in [-0.2, 0) is 11.3 Å². The van der Waals surface area contributed by atoms with Gasteiger partial charge in [0.15, 0.2) is 11.5 Å². The number of aromatic amines is 1. The van der Waals surface area contributed by atoms with E-state index < -0.39 is 23.5 Å². The Morgan fingerprint density at radius 3 is 2.75 bits per heavy atom. The number of ether oxygens (including phenoxy) is 1. The minimum Gasteiger partial charge on any atom is -0.503 e. The van der Waals surface area contributed by atoms with Gasteiger partial charge in [-0.05, 0) is 36.2 Å². The number of benzene rings is 1. The molecule has 2 N–H and O–H groups in total. The largest absolute Gasteiger partial charge is 0.503 e. The van der Waals surface area contributed by atoms with Crippen molar-refractivity contribution in [3.8, 4) is 5.75 Å². The fourth-order valence-corrected chi connectivity index (χ4v) is 3.85. The maximum absolute atomic E-state index is 13.1. The van der Waals surface area contributed by atoms with Crippen molar-refractivity contribution in [3.05, 3.63) is 84.0 Å². The Balaban J connectivity index is 1.63. The lowest BCUT2D eigenvalue weighted by Crippen LogP contribution is -2.36. The third kappa shape index (κ3) is 4.30. The maximum Gasteiger partial charge on any atom is 0.290 e. The number of furan rings is 1. The van der Waals surface area contributed by atoms with E-state index in [1.165, 1.54) is 12.3 Å². The summed E-state index contributed by atoms with van der Waals surface area (Å²) in [5.74, 6) is -0.800. The molecule has 1 aliphatic heterocycles. The highest BCUT2D eigenvalue weighted by Gasteiger charge is 2.44. The van der Waals surface area contributed by atoms with E-state index in [9.17, 15) is 14.7 Å². The van der Waals surface area contributed by atoms with Gasteiger partial charge in [0.25, 0.3) is 5.91 Å². The molecule has 166 valence electrons. The molecule has 0 radical (unpaired) electrons. The number of hydrogen-bond donors (Lipinski definition) is 2. The number of Topliss-reactive ketones (excluding diaryl/α,β-unsaturated/α-hetero) is 1. The van der Waals surface area contributed by atoms with E-state index in [4.69, 9.17) is 9.15 Å². The number of aliphatic hydroxyl groups excluding tert-OH is 1. The van der Waals surface area contributed by atoms with Gasteiger partial charge in [-0.2, -0.15) is 0 Å². The molecule has 3 heterocycles. The number of carbonyl (C=O) groups is 2. The lowest BCUT2D eigenvalue weighted by molar-refractivity contribution is -0.695. The highest BCUT2D eigenvalue weighted by molar-refractivity contribution is 6.15. The lowest BCUT2D eigenvalue weighted by Gasteiger charge is -2.26. The number of rotatable bonds is 10. The van der Waals surface area contributed by atoms with Crippen LogP contribution in [0.4, 0.5) is 0 Å². The van der Waals surface area contributed by atoms with E-state index in [1.807, 2.05) is 54.5 Å². The van der Waals surface area contributed by atoms with Crippen LogP contribution in [0.25, 0.3) is 0 Å². The van der Waals surface area contributed by atoms with E-state index >= 15 is 0 Å². The van der Waals surface area contributed by atoms with Crippen molar-refractivity contribution < 1.29 is 28.4 Å². The molecule has 1 amide bonds. The van der Waals surface area contributed by atoms with Crippen LogP contribution in [0.3, 0.4) is 0 Å². The van der Waals surface area contributed by atoms with Crippen molar-refractivity contribution in [1.29, 1.82) is 0 Å². The molecule has 0 fully saturated rings. The zero-order valence-electron chi connectivity index (χ0n) is 17.9. The zero-order valence-corrected chi connectivity index (χ0v) is 17.9. The molecule has 0 saturated carbocycles. The summed E-state index contributed by atoms with van der Waals surface area (Å²) in [6.45, 7) is 3.69. The van der Waals surface area contributed by atoms with Crippen LogP contribution in [-0.4, -0.2) is 39.8 Å². The van der Waals surface area contributed by atoms with Crippen LogP contribution < -0.4 is 9.30 Å². The van der Waals surface area contributed by atoms with Crippen LogP contribution in [0.2, 0.25) is 0 Å². The molecule has 1 aromatic carbocycles. The van der Waals surface area contributed by atoms with Gasteiger partial charge in [0.05, 0.1) is 31.0 Å². The SMILES string of the molecule is CCCOc1ccc(C2C(C(=O)c3ccco3)=C(O)C(=O)N2CCC[n+]2cc[nH]c2)cc1. The molecule has 0 aliphatic carbocycles. The number of nitrogens with zero attached hydrogens (tertiary/aromatic N) is 2. The highest BCUT2D eigenvalue weighted by atomic mass is 16.5. The summed E-state index contributed by atoms with van der Waals surface area (Å²) in [6, 6.07) is 9.69. The van der Waals surface area contributed by atoms with E-state index in [0.29, 0.717) is 31.9 Å². The zero-order chi connectivity index (χ0) is 22.5. The van der Waals surface area contributed by atoms with E-state index in [-0.39, 0.29) is 11.3 Å². The number of H-pyrrole nitrogens is 1. The van der Waals surface area contributed by atoms with E-state index in [2.05, 4.69) is 4.98 Å². The molecule has 0 spiro atoms. The standard InChI is InChI=1S/C24H25N3O5/c1-2-14-31-18-8-6-17(7-9-18)21-20(22(28)19-5-3-15-32-19)23(29)24(30)27(21)12-4-11-26-13-10-25-16-26/h3,5-10,13,15-16,21H,2,4,11-12,14H2,1H3,(H,28,29)/p+1. The fraction of sp³-hybridized carbons (Fsp3) is 0.292. The number of nitrogens with one attached hydrogen (secondary N) is 1. The summed E-state index contributed by atoms with van der Waals surface area (Å²) in [7, 11) is 0. The highest BCUT2D eigenvalue weighted by Crippen LogP contribution is 2.39.